The zero-order valence-electron chi connectivity index (χ0n) is 15.7. The molecule has 4 rings (SSSR count). The van der Waals surface area contributed by atoms with Crippen molar-refractivity contribution in [3.05, 3.63) is 11.6 Å². The maximum atomic E-state index is 12.3. The predicted octanol–water partition coefficient (Wildman–Crippen LogP) is 4.76. The summed E-state index contributed by atoms with van der Waals surface area (Å²) in [5, 5.41) is 9.67. The molecule has 24 heavy (non-hydrogen) atoms. The molecule has 0 radical (unpaired) electrons. The number of allylic oxidation sites excluding steroid dienone is 1. The van der Waals surface area contributed by atoms with E-state index in [1.807, 2.05) is 6.08 Å². The lowest BCUT2D eigenvalue weighted by Crippen LogP contribution is -2.51. The van der Waals surface area contributed by atoms with Crippen molar-refractivity contribution in [2.75, 3.05) is 6.61 Å². The van der Waals surface area contributed by atoms with E-state index in [1.54, 1.807) is 0 Å². The van der Waals surface area contributed by atoms with Crippen molar-refractivity contribution in [2.45, 2.75) is 72.1 Å². The van der Waals surface area contributed by atoms with Crippen LogP contribution in [0.25, 0.3) is 0 Å². The third-order valence-corrected chi connectivity index (χ3v) is 9.03. The SMILES string of the molecule is CC[C@H]1CC[C@H]2[C@@H]3CCC4=CC(=O)C(CO)C[C@]4(C)[C@H]3CC[C@]12C. The molecule has 3 fully saturated rings. The van der Waals surface area contributed by atoms with Crippen LogP contribution in [0.2, 0.25) is 0 Å². The van der Waals surface area contributed by atoms with Crippen LogP contribution >= 0.6 is 0 Å². The average molecular weight is 331 g/mol. The average Bonchev–Trinajstić information content (AvgIpc) is 2.91. The third-order valence-electron chi connectivity index (χ3n) is 9.03. The maximum absolute atomic E-state index is 12.3. The quantitative estimate of drug-likeness (QED) is 0.792. The number of carbonyl (C=O) groups excluding carboxylic acids is 1. The molecule has 2 heteroatoms. The van der Waals surface area contributed by atoms with E-state index >= 15 is 0 Å². The van der Waals surface area contributed by atoms with Crippen LogP contribution < -0.4 is 0 Å². The smallest absolute Gasteiger partial charge is 0.161 e. The Labute approximate surface area is 147 Å². The normalized spacial score (nSPS) is 50.8. The fraction of sp³-hybridized carbons (Fsp3) is 0.864. The van der Waals surface area contributed by atoms with Crippen LogP contribution in [-0.2, 0) is 4.79 Å². The second kappa shape index (κ2) is 5.69. The van der Waals surface area contributed by atoms with Crippen LogP contribution in [0.15, 0.2) is 11.6 Å². The van der Waals surface area contributed by atoms with Crippen molar-refractivity contribution >= 4 is 5.78 Å². The van der Waals surface area contributed by atoms with Crippen molar-refractivity contribution in [1.82, 2.24) is 0 Å². The zero-order chi connectivity index (χ0) is 17.1. The van der Waals surface area contributed by atoms with E-state index in [0.717, 1.165) is 36.5 Å². The van der Waals surface area contributed by atoms with Crippen LogP contribution in [-0.4, -0.2) is 17.5 Å². The maximum Gasteiger partial charge on any atom is 0.161 e. The van der Waals surface area contributed by atoms with Crippen molar-refractivity contribution in [1.29, 1.82) is 0 Å². The zero-order valence-corrected chi connectivity index (χ0v) is 15.7. The highest BCUT2D eigenvalue weighted by Crippen LogP contribution is 2.67. The van der Waals surface area contributed by atoms with E-state index < -0.39 is 0 Å². The molecule has 0 aromatic carbocycles. The lowest BCUT2D eigenvalue weighted by molar-refractivity contribution is -0.124. The standard InChI is InChI=1S/C22H34O2/c1-4-15-6-8-18-17-7-5-16-11-20(24)14(13-23)12-22(16,3)19(17)9-10-21(15,18)2/h11,14-15,17-19,23H,4-10,12-13H2,1-3H3/t14?,15-,17-,18-,19-,21+,22-/m0/s1. The molecule has 3 saturated carbocycles. The van der Waals surface area contributed by atoms with Gasteiger partial charge < -0.3 is 5.11 Å². The van der Waals surface area contributed by atoms with Gasteiger partial charge in [-0.2, -0.15) is 0 Å². The molecule has 0 heterocycles. The van der Waals surface area contributed by atoms with E-state index in [2.05, 4.69) is 20.8 Å². The van der Waals surface area contributed by atoms with E-state index in [4.69, 9.17) is 0 Å². The summed E-state index contributed by atoms with van der Waals surface area (Å²) < 4.78 is 0. The molecule has 0 aromatic heterocycles. The van der Waals surface area contributed by atoms with Crippen molar-refractivity contribution in [2.24, 2.45) is 40.4 Å². The van der Waals surface area contributed by atoms with Gasteiger partial charge in [-0.3, -0.25) is 4.79 Å². The van der Waals surface area contributed by atoms with Gasteiger partial charge in [-0.15, -0.1) is 0 Å². The topological polar surface area (TPSA) is 37.3 Å². The Morgan fingerprint density at radius 1 is 1.17 bits per heavy atom. The van der Waals surface area contributed by atoms with Crippen LogP contribution in [0.1, 0.15) is 72.1 Å². The van der Waals surface area contributed by atoms with Gasteiger partial charge in [0.15, 0.2) is 5.78 Å². The Balaban J connectivity index is 1.66. The van der Waals surface area contributed by atoms with E-state index in [9.17, 15) is 9.90 Å². The van der Waals surface area contributed by atoms with Crippen molar-refractivity contribution in [3.63, 3.8) is 0 Å². The van der Waals surface area contributed by atoms with Crippen LogP contribution in [0.4, 0.5) is 0 Å². The largest absolute Gasteiger partial charge is 0.396 e. The molecule has 1 N–H and O–H groups in total. The minimum absolute atomic E-state index is 0.0225. The summed E-state index contributed by atoms with van der Waals surface area (Å²) in [6.07, 6.45) is 12.1. The van der Waals surface area contributed by atoms with Gasteiger partial charge in [0.05, 0.1) is 6.61 Å². The van der Waals surface area contributed by atoms with Crippen LogP contribution in [0.3, 0.4) is 0 Å². The number of carbonyl (C=O) groups is 1. The van der Waals surface area contributed by atoms with Gasteiger partial charge in [0.2, 0.25) is 0 Å². The minimum Gasteiger partial charge on any atom is -0.396 e. The molecule has 0 bridgehead atoms. The second-order valence-corrected chi connectivity index (χ2v) is 9.72. The molecule has 0 saturated heterocycles. The molecule has 1 unspecified atom stereocenters. The first-order valence-corrected chi connectivity index (χ1v) is 10.3. The number of aliphatic hydroxyl groups excluding tert-OH is 1. The summed E-state index contributed by atoms with van der Waals surface area (Å²) in [7, 11) is 0. The molecular weight excluding hydrogens is 296 g/mol. The summed E-state index contributed by atoms with van der Waals surface area (Å²) >= 11 is 0. The van der Waals surface area contributed by atoms with Gasteiger partial charge in [0, 0.05) is 5.92 Å². The first-order valence-electron chi connectivity index (χ1n) is 10.3. The molecule has 0 aromatic rings. The highest BCUT2D eigenvalue weighted by molar-refractivity contribution is 5.93. The van der Waals surface area contributed by atoms with Gasteiger partial charge in [-0.1, -0.05) is 32.8 Å². The minimum atomic E-state index is -0.155. The number of rotatable bonds is 2. The predicted molar refractivity (Wildman–Crippen MR) is 96.4 cm³/mol. The molecule has 7 atom stereocenters. The van der Waals surface area contributed by atoms with E-state index in [-0.39, 0.29) is 23.7 Å². The van der Waals surface area contributed by atoms with Crippen LogP contribution in [0, 0.1) is 40.4 Å². The van der Waals surface area contributed by atoms with E-state index in [0.29, 0.717) is 5.41 Å². The Hall–Kier alpha value is -0.630. The highest BCUT2D eigenvalue weighted by atomic mass is 16.3. The molecule has 0 amide bonds. The molecule has 4 aliphatic carbocycles. The summed E-state index contributed by atoms with van der Waals surface area (Å²) in [6.45, 7) is 7.41. The summed E-state index contributed by atoms with van der Waals surface area (Å²) in [5.41, 5.74) is 2.14. The number of hydrogen-bond donors (Lipinski definition) is 1. The van der Waals surface area contributed by atoms with Gasteiger partial charge in [-0.05, 0) is 85.5 Å². The molecule has 134 valence electrons. The number of hydrogen-bond acceptors (Lipinski definition) is 2. The van der Waals surface area contributed by atoms with Crippen molar-refractivity contribution in [3.8, 4) is 0 Å². The summed E-state index contributed by atoms with van der Waals surface area (Å²) in [6, 6.07) is 0. The molecule has 0 spiro atoms. The number of fused-ring (bicyclic) bond motifs is 5. The Bertz CT molecular complexity index is 564. The Morgan fingerprint density at radius 3 is 2.67 bits per heavy atom. The second-order valence-electron chi connectivity index (χ2n) is 9.72. The summed E-state index contributed by atoms with van der Waals surface area (Å²) in [4.78, 5) is 12.3. The number of aliphatic hydroxyl groups is 1. The van der Waals surface area contributed by atoms with Gasteiger partial charge in [0.1, 0.15) is 0 Å². The first-order chi connectivity index (χ1) is 11.4. The van der Waals surface area contributed by atoms with E-state index in [1.165, 1.54) is 44.1 Å². The number of ketones is 1. The Kier molecular flexibility index (Phi) is 3.99. The molecule has 0 aliphatic heterocycles. The van der Waals surface area contributed by atoms with Gasteiger partial charge >= 0.3 is 0 Å². The third kappa shape index (κ3) is 2.14. The van der Waals surface area contributed by atoms with Crippen LogP contribution in [0.5, 0.6) is 0 Å². The Morgan fingerprint density at radius 2 is 1.96 bits per heavy atom. The lowest BCUT2D eigenvalue weighted by atomic mass is 9.46. The molecule has 4 aliphatic rings. The fourth-order valence-electron chi connectivity index (χ4n) is 7.68. The highest BCUT2D eigenvalue weighted by Gasteiger charge is 2.59. The molecule has 2 nitrogen and oxygen atoms in total. The van der Waals surface area contributed by atoms with Gasteiger partial charge in [0.25, 0.3) is 0 Å². The summed E-state index contributed by atoms with van der Waals surface area (Å²) in [5.74, 6) is 3.41. The van der Waals surface area contributed by atoms with Crippen molar-refractivity contribution < 1.29 is 9.90 Å². The lowest BCUT2D eigenvalue weighted by Gasteiger charge is -2.58. The van der Waals surface area contributed by atoms with Gasteiger partial charge in [-0.25, -0.2) is 0 Å². The monoisotopic (exact) mass is 330 g/mol. The fourth-order valence-corrected chi connectivity index (χ4v) is 7.68. The first kappa shape index (κ1) is 16.8. The molecular formula is C22H34O2.